The van der Waals surface area contributed by atoms with E-state index in [0.29, 0.717) is 12.2 Å². The van der Waals surface area contributed by atoms with Crippen LogP contribution in [0.1, 0.15) is 30.9 Å². The number of ether oxygens (including phenoxy) is 1. The molecule has 1 N–H and O–H groups in total. The third-order valence-corrected chi connectivity index (χ3v) is 5.00. The van der Waals surface area contributed by atoms with Crippen LogP contribution in [-0.2, 0) is 10.0 Å². The fraction of sp³-hybridized carbons (Fsp3) is 0.222. The lowest BCUT2D eigenvalue weighted by Crippen LogP contribution is -2.17. The van der Waals surface area contributed by atoms with Crippen LogP contribution in [0.15, 0.2) is 62.9 Å². The maximum atomic E-state index is 11.9. The first kappa shape index (κ1) is 17.2. The van der Waals surface area contributed by atoms with Gasteiger partial charge in [-0.15, -0.1) is 4.40 Å². The minimum absolute atomic E-state index is 0.196. The van der Waals surface area contributed by atoms with E-state index in [9.17, 15) is 8.42 Å². The first-order chi connectivity index (χ1) is 12.1. The molecule has 1 aliphatic rings. The number of hydrogen-bond donors (Lipinski definition) is 1. The molecule has 0 fully saturated rings. The van der Waals surface area contributed by atoms with Crippen molar-refractivity contribution in [3.8, 4) is 5.75 Å². The predicted molar refractivity (Wildman–Crippen MR) is 97.7 cm³/mol. The van der Waals surface area contributed by atoms with Crippen molar-refractivity contribution in [3.05, 3.63) is 59.7 Å². The zero-order chi connectivity index (χ0) is 17.7. The smallest absolute Gasteiger partial charge is 0.285 e. The highest BCUT2D eigenvalue weighted by atomic mass is 32.2. The standard InChI is InChI=1S/C18H19N3O3S/c1-2-3-12-24-15-10-8-14(9-11-15)13-19-20-18-16-6-4-5-7-17(16)25(22,23)21-18/h4-11,13H,2-3,12H2,1H3,(H,20,21)/b19-13-. The summed E-state index contributed by atoms with van der Waals surface area (Å²) in [4.78, 5) is 0.196. The molecule has 130 valence electrons. The van der Waals surface area contributed by atoms with E-state index in [-0.39, 0.29) is 10.7 Å². The second kappa shape index (κ2) is 7.48. The van der Waals surface area contributed by atoms with Crippen LogP contribution in [-0.4, -0.2) is 27.1 Å². The van der Waals surface area contributed by atoms with Crippen molar-refractivity contribution >= 4 is 22.1 Å². The van der Waals surface area contributed by atoms with Crippen LogP contribution < -0.4 is 10.2 Å². The lowest BCUT2D eigenvalue weighted by atomic mass is 10.2. The Kier molecular flexibility index (Phi) is 5.14. The molecule has 7 heteroatoms. The molecule has 6 nitrogen and oxygen atoms in total. The number of nitrogens with zero attached hydrogens (tertiary/aromatic N) is 2. The average Bonchev–Trinajstić information content (AvgIpc) is 2.88. The third-order valence-electron chi connectivity index (χ3n) is 3.66. The molecule has 2 aromatic carbocycles. The summed E-state index contributed by atoms with van der Waals surface area (Å²) in [5, 5.41) is 4.08. The van der Waals surface area contributed by atoms with Crippen LogP contribution in [0.4, 0.5) is 0 Å². The third kappa shape index (κ3) is 4.06. The van der Waals surface area contributed by atoms with Crippen LogP contribution in [0.2, 0.25) is 0 Å². The highest BCUT2D eigenvalue weighted by Crippen LogP contribution is 2.24. The molecule has 0 aliphatic carbocycles. The molecule has 1 aliphatic heterocycles. The molecule has 3 rings (SSSR count). The van der Waals surface area contributed by atoms with Gasteiger partial charge in [-0.1, -0.05) is 25.5 Å². The summed E-state index contributed by atoms with van der Waals surface area (Å²) in [5.74, 6) is 1.05. The topological polar surface area (TPSA) is 80.1 Å². The summed E-state index contributed by atoms with van der Waals surface area (Å²) >= 11 is 0. The average molecular weight is 357 g/mol. The van der Waals surface area contributed by atoms with Gasteiger partial charge in [-0.3, -0.25) is 5.43 Å². The molecule has 0 amide bonds. The molecule has 0 spiro atoms. The Morgan fingerprint density at radius 1 is 1.16 bits per heavy atom. The van der Waals surface area contributed by atoms with Crippen LogP contribution in [0.25, 0.3) is 0 Å². The number of unbranched alkanes of at least 4 members (excludes halogenated alkanes) is 1. The number of amidine groups is 1. The monoisotopic (exact) mass is 357 g/mol. The van der Waals surface area contributed by atoms with E-state index in [1.54, 1.807) is 24.4 Å². The van der Waals surface area contributed by atoms with Gasteiger partial charge in [-0.2, -0.15) is 13.5 Å². The van der Waals surface area contributed by atoms with Crippen LogP contribution in [0.3, 0.4) is 0 Å². The van der Waals surface area contributed by atoms with Crippen LogP contribution in [0, 0.1) is 0 Å². The van der Waals surface area contributed by atoms with Crippen molar-refractivity contribution in [2.24, 2.45) is 9.50 Å². The summed E-state index contributed by atoms with van der Waals surface area (Å²) in [6, 6.07) is 14.2. The number of rotatable bonds is 6. The Morgan fingerprint density at radius 3 is 2.68 bits per heavy atom. The number of fused-ring (bicyclic) bond motifs is 1. The summed E-state index contributed by atoms with van der Waals surface area (Å²) in [6.07, 6.45) is 3.73. The lowest BCUT2D eigenvalue weighted by molar-refractivity contribution is 0.309. The zero-order valence-electron chi connectivity index (χ0n) is 13.8. The fourth-order valence-electron chi connectivity index (χ4n) is 2.34. The Morgan fingerprint density at radius 2 is 1.92 bits per heavy atom. The molecule has 2 aromatic rings. The molecule has 0 aromatic heterocycles. The number of benzene rings is 2. The molecule has 0 saturated heterocycles. The van der Waals surface area contributed by atoms with Crippen LogP contribution in [0.5, 0.6) is 5.75 Å². The molecular formula is C18H19N3O3S. The van der Waals surface area contributed by atoms with Gasteiger partial charge in [0.1, 0.15) is 10.6 Å². The van der Waals surface area contributed by atoms with Gasteiger partial charge >= 0.3 is 0 Å². The van der Waals surface area contributed by atoms with E-state index in [1.807, 2.05) is 24.3 Å². The summed E-state index contributed by atoms with van der Waals surface area (Å²) in [6.45, 7) is 2.83. The molecule has 0 atom stereocenters. The Labute approximate surface area is 147 Å². The normalized spacial score (nSPS) is 15.0. The summed E-state index contributed by atoms with van der Waals surface area (Å²) in [5.41, 5.74) is 4.10. The van der Waals surface area contributed by atoms with E-state index < -0.39 is 10.0 Å². The van der Waals surface area contributed by atoms with E-state index in [4.69, 9.17) is 4.74 Å². The second-order valence-electron chi connectivity index (χ2n) is 5.55. The minimum Gasteiger partial charge on any atom is -0.494 e. The van der Waals surface area contributed by atoms with Gasteiger partial charge < -0.3 is 4.74 Å². The first-order valence-corrected chi connectivity index (χ1v) is 9.50. The first-order valence-electron chi connectivity index (χ1n) is 8.06. The Balaban J connectivity index is 1.64. The van der Waals surface area contributed by atoms with Crippen molar-refractivity contribution in [2.75, 3.05) is 6.61 Å². The predicted octanol–water partition coefficient (Wildman–Crippen LogP) is 2.94. The molecule has 0 bridgehead atoms. The second-order valence-corrected chi connectivity index (χ2v) is 7.12. The van der Waals surface area contributed by atoms with Crippen molar-refractivity contribution in [2.45, 2.75) is 24.7 Å². The van der Waals surface area contributed by atoms with E-state index >= 15 is 0 Å². The number of hydrogen-bond acceptors (Lipinski definition) is 5. The number of sulfonamides is 1. The molecule has 1 heterocycles. The van der Waals surface area contributed by atoms with E-state index in [2.05, 4.69) is 21.8 Å². The summed E-state index contributed by atoms with van der Waals surface area (Å²) in [7, 11) is -3.63. The summed E-state index contributed by atoms with van der Waals surface area (Å²) < 4.78 is 33.2. The van der Waals surface area contributed by atoms with Gasteiger partial charge in [-0.05, 0) is 48.4 Å². The highest BCUT2D eigenvalue weighted by Gasteiger charge is 2.28. The molecule has 25 heavy (non-hydrogen) atoms. The van der Waals surface area contributed by atoms with Gasteiger partial charge in [-0.25, -0.2) is 0 Å². The molecular weight excluding hydrogens is 338 g/mol. The quantitative estimate of drug-likeness (QED) is 0.490. The van der Waals surface area contributed by atoms with E-state index in [0.717, 1.165) is 24.2 Å². The minimum atomic E-state index is -3.63. The molecule has 0 unspecified atom stereocenters. The van der Waals surface area contributed by atoms with Crippen molar-refractivity contribution in [3.63, 3.8) is 0 Å². The largest absolute Gasteiger partial charge is 0.494 e. The van der Waals surface area contributed by atoms with Gasteiger partial charge in [0.05, 0.1) is 12.8 Å². The van der Waals surface area contributed by atoms with Gasteiger partial charge in [0, 0.05) is 5.56 Å². The number of nitrogens with one attached hydrogen (secondary N) is 1. The van der Waals surface area contributed by atoms with Crippen LogP contribution >= 0.6 is 0 Å². The maximum Gasteiger partial charge on any atom is 0.285 e. The van der Waals surface area contributed by atoms with Gasteiger partial charge in [0.2, 0.25) is 0 Å². The van der Waals surface area contributed by atoms with E-state index in [1.165, 1.54) is 6.07 Å². The lowest BCUT2D eigenvalue weighted by Gasteiger charge is -2.05. The van der Waals surface area contributed by atoms with Crippen molar-refractivity contribution in [1.29, 1.82) is 0 Å². The molecule has 0 saturated carbocycles. The highest BCUT2D eigenvalue weighted by molar-refractivity contribution is 7.90. The Bertz CT molecular complexity index is 903. The maximum absolute atomic E-state index is 11.9. The Hall–Kier alpha value is -2.67. The van der Waals surface area contributed by atoms with Gasteiger partial charge in [0.25, 0.3) is 10.0 Å². The molecule has 0 radical (unpaired) electrons. The number of hydrazone groups is 1. The zero-order valence-corrected chi connectivity index (χ0v) is 14.7. The fourth-order valence-corrected chi connectivity index (χ4v) is 3.51. The van der Waals surface area contributed by atoms with Crippen molar-refractivity contribution in [1.82, 2.24) is 5.43 Å². The SMILES string of the molecule is CCCCOc1ccc(/C=N\NC2=NS(=O)(=O)c3ccccc32)cc1. The van der Waals surface area contributed by atoms with Gasteiger partial charge in [0.15, 0.2) is 5.84 Å². The van der Waals surface area contributed by atoms with Crippen molar-refractivity contribution < 1.29 is 13.2 Å².